The SMILES string of the molecule is Cc1ccc([C@H](NC(=O)C2C[C@@H]3C[C@@H]3C2)C2CC2)c(F)c1.O=C(O)C(F)(F)F. The first-order valence-corrected chi connectivity index (χ1v) is 9.42. The lowest BCUT2D eigenvalue weighted by Gasteiger charge is -2.22. The molecule has 1 aromatic rings. The molecule has 3 fully saturated rings. The van der Waals surface area contributed by atoms with Crippen LogP contribution in [0.25, 0.3) is 0 Å². The van der Waals surface area contributed by atoms with Crippen molar-refractivity contribution >= 4 is 11.9 Å². The predicted octanol–water partition coefficient (Wildman–Crippen LogP) is 4.38. The van der Waals surface area contributed by atoms with E-state index >= 15 is 0 Å². The maximum Gasteiger partial charge on any atom is 0.490 e. The van der Waals surface area contributed by atoms with Crippen LogP contribution < -0.4 is 5.32 Å². The van der Waals surface area contributed by atoms with E-state index in [1.807, 2.05) is 19.1 Å². The first-order valence-electron chi connectivity index (χ1n) is 9.42. The van der Waals surface area contributed by atoms with Crippen molar-refractivity contribution in [1.29, 1.82) is 0 Å². The minimum Gasteiger partial charge on any atom is -0.475 e. The van der Waals surface area contributed by atoms with Gasteiger partial charge in [0.05, 0.1) is 6.04 Å². The van der Waals surface area contributed by atoms with Crippen molar-refractivity contribution in [3.8, 4) is 0 Å². The molecule has 154 valence electrons. The molecule has 4 nitrogen and oxygen atoms in total. The molecule has 1 amide bonds. The number of fused-ring (bicyclic) bond motifs is 1. The van der Waals surface area contributed by atoms with Gasteiger partial charge in [-0.2, -0.15) is 13.2 Å². The third-order valence-corrected chi connectivity index (χ3v) is 5.74. The van der Waals surface area contributed by atoms with Gasteiger partial charge in [-0.3, -0.25) is 4.79 Å². The normalized spacial score (nSPS) is 26.5. The smallest absolute Gasteiger partial charge is 0.475 e. The van der Waals surface area contributed by atoms with Crippen LogP contribution in [0, 0.1) is 36.4 Å². The van der Waals surface area contributed by atoms with Gasteiger partial charge in [-0.05, 0) is 68.4 Å². The Labute approximate surface area is 160 Å². The lowest BCUT2D eigenvalue weighted by molar-refractivity contribution is -0.192. The summed E-state index contributed by atoms with van der Waals surface area (Å²) in [4.78, 5) is 21.4. The lowest BCUT2D eigenvalue weighted by Crippen LogP contribution is -2.35. The molecule has 1 aromatic carbocycles. The Morgan fingerprint density at radius 1 is 1.14 bits per heavy atom. The van der Waals surface area contributed by atoms with E-state index < -0.39 is 12.1 Å². The van der Waals surface area contributed by atoms with Gasteiger partial charge in [-0.1, -0.05) is 12.1 Å². The van der Waals surface area contributed by atoms with Crippen LogP contribution in [-0.2, 0) is 9.59 Å². The monoisotopic (exact) mass is 401 g/mol. The molecule has 0 heterocycles. The number of rotatable bonds is 4. The molecular weight excluding hydrogens is 378 g/mol. The van der Waals surface area contributed by atoms with Gasteiger partial charge < -0.3 is 10.4 Å². The van der Waals surface area contributed by atoms with Gasteiger partial charge in [-0.25, -0.2) is 9.18 Å². The Balaban J connectivity index is 0.000000279. The summed E-state index contributed by atoms with van der Waals surface area (Å²) in [5.41, 5.74) is 1.59. The van der Waals surface area contributed by atoms with Crippen molar-refractivity contribution in [3.63, 3.8) is 0 Å². The second kappa shape index (κ2) is 7.72. The predicted molar refractivity (Wildman–Crippen MR) is 92.8 cm³/mol. The van der Waals surface area contributed by atoms with Gasteiger partial charge in [0.25, 0.3) is 0 Å². The second-order valence-corrected chi connectivity index (χ2v) is 8.08. The number of carbonyl (C=O) groups is 2. The summed E-state index contributed by atoms with van der Waals surface area (Å²) < 4.78 is 46.0. The van der Waals surface area contributed by atoms with Crippen LogP contribution in [0.3, 0.4) is 0 Å². The zero-order valence-corrected chi connectivity index (χ0v) is 15.4. The van der Waals surface area contributed by atoms with Crippen molar-refractivity contribution in [2.45, 2.75) is 51.2 Å². The molecule has 4 rings (SSSR count). The molecule has 1 unspecified atom stereocenters. The van der Waals surface area contributed by atoms with Crippen molar-refractivity contribution in [3.05, 3.63) is 35.1 Å². The van der Waals surface area contributed by atoms with E-state index in [-0.39, 0.29) is 23.7 Å². The second-order valence-electron chi connectivity index (χ2n) is 8.08. The van der Waals surface area contributed by atoms with Crippen LogP contribution in [0.5, 0.6) is 0 Å². The van der Waals surface area contributed by atoms with Gasteiger partial charge in [-0.15, -0.1) is 0 Å². The molecule has 0 spiro atoms. The molecule has 3 saturated carbocycles. The highest BCUT2D eigenvalue weighted by Crippen LogP contribution is 2.54. The number of aliphatic carboxylic acids is 1. The number of hydrogen-bond acceptors (Lipinski definition) is 2. The number of hydrogen-bond donors (Lipinski definition) is 2. The fourth-order valence-electron chi connectivity index (χ4n) is 3.96. The Hall–Kier alpha value is -2.12. The van der Waals surface area contributed by atoms with Crippen molar-refractivity contribution in [2.75, 3.05) is 0 Å². The third kappa shape index (κ3) is 5.02. The van der Waals surface area contributed by atoms with Gasteiger partial charge >= 0.3 is 12.1 Å². The van der Waals surface area contributed by atoms with Crippen molar-refractivity contribution < 1.29 is 32.3 Å². The average Bonchev–Trinajstić information content (AvgIpc) is 3.52. The van der Waals surface area contributed by atoms with Crippen molar-refractivity contribution in [2.24, 2.45) is 23.7 Å². The summed E-state index contributed by atoms with van der Waals surface area (Å²) in [7, 11) is 0. The van der Waals surface area contributed by atoms with Crippen LogP contribution >= 0.6 is 0 Å². The number of carboxylic acid groups (broad SMARTS) is 1. The lowest BCUT2D eigenvalue weighted by atomic mass is 9.97. The molecule has 3 aliphatic rings. The Bertz CT molecular complexity index is 750. The topological polar surface area (TPSA) is 66.4 Å². The zero-order chi connectivity index (χ0) is 20.6. The highest BCUT2D eigenvalue weighted by molar-refractivity contribution is 5.79. The van der Waals surface area contributed by atoms with Gasteiger partial charge in [0.15, 0.2) is 0 Å². The summed E-state index contributed by atoms with van der Waals surface area (Å²) in [5, 5.41) is 10.3. The molecule has 3 aliphatic carbocycles. The third-order valence-electron chi connectivity index (χ3n) is 5.74. The molecule has 0 aliphatic heterocycles. The fraction of sp³-hybridized carbons (Fsp3) is 0.600. The molecule has 0 radical (unpaired) electrons. The number of halogens is 4. The molecule has 4 atom stereocenters. The van der Waals surface area contributed by atoms with Crippen LogP contribution in [0.2, 0.25) is 0 Å². The summed E-state index contributed by atoms with van der Waals surface area (Å²) in [6.45, 7) is 1.89. The Morgan fingerprint density at radius 3 is 2.18 bits per heavy atom. The van der Waals surface area contributed by atoms with E-state index in [0.29, 0.717) is 11.5 Å². The molecule has 0 aromatic heterocycles. The number of benzene rings is 1. The molecule has 2 N–H and O–H groups in total. The van der Waals surface area contributed by atoms with E-state index in [0.717, 1.165) is 43.1 Å². The summed E-state index contributed by atoms with van der Waals surface area (Å²) in [5.74, 6) is -0.592. The number of carbonyl (C=O) groups excluding carboxylic acids is 1. The molecule has 28 heavy (non-hydrogen) atoms. The van der Waals surface area contributed by atoms with Gasteiger partial charge in [0, 0.05) is 11.5 Å². The fourth-order valence-corrected chi connectivity index (χ4v) is 3.96. The maximum atomic E-state index is 14.2. The Kier molecular flexibility index (Phi) is 5.68. The van der Waals surface area contributed by atoms with Gasteiger partial charge in [0.2, 0.25) is 5.91 Å². The molecule has 8 heteroatoms. The van der Waals surface area contributed by atoms with Gasteiger partial charge in [0.1, 0.15) is 5.82 Å². The summed E-state index contributed by atoms with van der Waals surface area (Å²) in [6, 6.07) is 5.22. The van der Waals surface area contributed by atoms with Crippen molar-refractivity contribution in [1.82, 2.24) is 5.32 Å². The van der Waals surface area contributed by atoms with Crippen LogP contribution in [0.4, 0.5) is 17.6 Å². The number of alkyl halides is 3. The largest absolute Gasteiger partial charge is 0.490 e. The first-order chi connectivity index (χ1) is 13.1. The standard InChI is InChI=1S/C18H22FNO.C2HF3O2/c1-10-2-5-15(16(19)6-10)17(11-3-4-11)20-18(21)14-8-12-7-13(12)9-14;3-2(4,5)1(6)7/h2,5-6,11-14,17H,3-4,7-9H2,1H3,(H,20,21);(H,6,7)/t12-,13+,14?,17-;/m1./s1. The highest BCUT2D eigenvalue weighted by Gasteiger charge is 2.48. The van der Waals surface area contributed by atoms with Crippen LogP contribution in [0.15, 0.2) is 18.2 Å². The summed E-state index contributed by atoms with van der Waals surface area (Å²) in [6.07, 6.45) is 0.513. The maximum absolute atomic E-state index is 14.2. The number of amides is 1. The minimum atomic E-state index is -5.08. The highest BCUT2D eigenvalue weighted by atomic mass is 19.4. The minimum absolute atomic E-state index is 0.130. The summed E-state index contributed by atoms with van der Waals surface area (Å²) >= 11 is 0. The molecule has 0 saturated heterocycles. The van der Waals surface area contributed by atoms with Crippen LogP contribution in [0.1, 0.15) is 49.3 Å². The number of carboxylic acids is 1. The van der Waals surface area contributed by atoms with E-state index in [9.17, 15) is 22.4 Å². The first kappa shape index (κ1) is 20.6. The van der Waals surface area contributed by atoms with E-state index in [2.05, 4.69) is 5.32 Å². The zero-order valence-electron chi connectivity index (χ0n) is 15.4. The van der Waals surface area contributed by atoms with E-state index in [4.69, 9.17) is 9.90 Å². The molecule has 0 bridgehead atoms. The Morgan fingerprint density at radius 2 is 1.71 bits per heavy atom. The van der Waals surface area contributed by atoms with Crippen LogP contribution in [-0.4, -0.2) is 23.2 Å². The number of nitrogens with one attached hydrogen (secondary N) is 1. The quantitative estimate of drug-likeness (QED) is 0.736. The van der Waals surface area contributed by atoms with E-state index in [1.165, 1.54) is 6.42 Å². The van der Waals surface area contributed by atoms with E-state index in [1.54, 1.807) is 6.07 Å². The molecular formula is C20H23F4NO3. The number of aryl methyl sites for hydroxylation is 1. The average molecular weight is 401 g/mol.